The Hall–Kier alpha value is -0.550. The second-order valence-corrected chi connectivity index (χ2v) is 12.7. The van der Waals surface area contributed by atoms with E-state index in [1.54, 1.807) is 0 Å². The van der Waals surface area contributed by atoms with Crippen LogP contribution in [0.15, 0.2) is 0 Å². The van der Waals surface area contributed by atoms with Crippen molar-refractivity contribution in [1.29, 1.82) is 0 Å². The van der Waals surface area contributed by atoms with Crippen molar-refractivity contribution < 1.29 is 19.4 Å². The average molecular weight is 427 g/mol. The largest absolute Gasteiger partial charge is 0.460 e. The Morgan fingerprint density at radius 3 is 1.76 bits per heavy atom. The van der Waals surface area contributed by atoms with Gasteiger partial charge in [-0.15, -0.1) is 0 Å². The quantitative estimate of drug-likeness (QED) is 0.567. The summed E-state index contributed by atoms with van der Waals surface area (Å²) in [6, 6.07) is 0. The van der Waals surface area contributed by atoms with Gasteiger partial charge in [0.1, 0.15) is 6.10 Å². The zero-order valence-electron chi connectivity index (χ0n) is 19.3. The van der Waals surface area contributed by atoms with E-state index in [1.165, 1.54) is 11.8 Å². The van der Waals surface area contributed by atoms with Gasteiger partial charge >= 0.3 is 5.97 Å². The number of carbonyl (C=O) groups excluding carboxylic acids is 2. The molecule has 0 saturated heterocycles. The summed E-state index contributed by atoms with van der Waals surface area (Å²) in [6.45, 7) is 13.6. The van der Waals surface area contributed by atoms with E-state index in [-0.39, 0.29) is 23.1 Å². The van der Waals surface area contributed by atoms with Crippen LogP contribution >= 0.6 is 11.8 Å². The van der Waals surface area contributed by atoms with E-state index in [2.05, 4.69) is 41.5 Å². The highest BCUT2D eigenvalue weighted by molar-refractivity contribution is 8.14. The fourth-order valence-corrected chi connectivity index (χ4v) is 5.95. The number of esters is 1. The van der Waals surface area contributed by atoms with Crippen molar-refractivity contribution in [3.05, 3.63) is 0 Å². The number of thioether (sulfide) groups is 1. The molecule has 2 fully saturated rings. The first-order chi connectivity index (χ1) is 13.4. The number of rotatable bonds is 5. The molecular formula is C24H42O4S. The highest BCUT2D eigenvalue weighted by Crippen LogP contribution is 2.41. The maximum atomic E-state index is 12.3. The van der Waals surface area contributed by atoms with Gasteiger partial charge in [-0.3, -0.25) is 4.79 Å². The number of carbonyl (C=O) groups is 2. The van der Waals surface area contributed by atoms with Crippen LogP contribution in [0.25, 0.3) is 0 Å². The molecule has 0 spiro atoms. The molecule has 0 heterocycles. The Kier molecular flexibility index (Phi) is 8.67. The Labute approximate surface area is 181 Å². The molecule has 1 N–H and O–H groups in total. The van der Waals surface area contributed by atoms with E-state index >= 15 is 0 Å². The highest BCUT2D eigenvalue weighted by Gasteiger charge is 2.34. The standard InChI is InChI=1S/C24H42O4S/c1-23(2,3)16-7-11-18(12-8-16)28-22(27)20(25)15-21(26)29-19-13-9-17(10-14-19)24(4,5)6/h16-20,25H,7-15H2,1-6H3. The highest BCUT2D eigenvalue weighted by atomic mass is 32.2. The molecule has 168 valence electrons. The third kappa shape index (κ3) is 7.90. The molecule has 2 saturated carbocycles. The van der Waals surface area contributed by atoms with E-state index in [1.807, 2.05) is 0 Å². The topological polar surface area (TPSA) is 63.6 Å². The lowest BCUT2D eigenvalue weighted by molar-refractivity contribution is -0.162. The van der Waals surface area contributed by atoms with Crippen LogP contribution in [-0.2, 0) is 14.3 Å². The van der Waals surface area contributed by atoms with E-state index in [0.29, 0.717) is 22.5 Å². The van der Waals surface area contributed by atoms with Crippen LogP contribution in [0, 0.1) is 22.7 Å². The van der Waals surface area contributed by atoms with Gasteiger partial charge in [-0.25, -0.2) is 4.79 Å². The maximum absolute atomic E-state index is 12.3. The predicted molar refractivity (Wildman–Crippen MR) is 120 cm³/mol. The second-order valence-electron chi connectivity index (χ2n) is 11.3. The monoisotopic (exact) mass is 426 g/mol. The molecule has 2 aliphatic carbocycles. The molecule has 0 aromatic rings. The van der Waals surface area contributed by atoms with Gasteiger partial charge < -0.3 is 9.84 Å². The summed E-state index contributed by atoms with van der Waals surface area (Å²) >= 11 is 1.32. The van der Waals surface area contributed by atoms with Gasteiger partial charge in [0.05, 0.1) is 6.42 Å². The van der Waals surface area contributed by atoms with Crippen LogP contribution in [0.5, 0.6) is 0 Å². The molecular weight excluding hydrogens is 384 g/mol. The van der Waals surface area contributed by atoms with Crippen molar-refractivity contribution >= 4 is 22.8 Å². The smallest absolute Gasteiger partial charge is 0.335 e. The molecule has 4 nitrogen and oxygen atoms in total. The first kappa shape index (κ1) is 24.7. The minimum Gasteiger partial charge on any atom is -0.460 e. The Bertz CT molecular complexity index is 544. The first-order valence-corrected chi connectivity index (χ1v) is 12.3. The Balaban J connectivity index is 1.68. The molecule has 2 aliphatic rings. The summed E-state index contributed by atoms with van der Waals surface area (Å²) < 4.78 is 5.51. The van der Waals surface area contributed by atoms with Crippen molar-refractivity contribution in [2.45, 2.75) is 117 Å². The summed E-state index contributed by atoms with van der Waals surface area (Å²) in [4.78, 5) is 24.6. The van der Waals surface area contributed by atoms with Crippen LogP contribution in [0.1, 0.15) is 99.3 Å². The second kappa shape index (κ2) is 10.2. The fourth-order valence-electron chi connectivity index (χ4n) is 4.81. The molecule has 1 unspecified atom stereocenters. The van der Waals surface area contributed by atoms with Crippen LogP contribution < -0.4 is 0 Å². The molecule has 0 radical (unpaired) electrons. The third-order valence-electron chi connectivity index (χ3n) is 7.01. The van der Waals surface area contributed by atoms with Crippen molar-refractivity contribution in [3.63, 3.8) is 0 Å². The number of aliphatic hydroxyl groups excluding tert-OH is 1. The van der Waals surface area contributed by atoms with Crippen molar-refractivity contribution in [1.82, 2.24) is 0 Å². The van der Waals surface area contributed by atoms with Gasteiger partial charge in [-0.05, 0) is 74.0 Å². The van der Waals surface area contributed by atoms with E-state index < -0.39 is 12.1 Å². The normalized spacial score (nSPS) is 29.9. The van der Waals surface area contributed by atoms with Gasteiger partial charge in [0.25, 0.3) is 0 Å². The van der Waals surface area contributed by atoms with Crippen LogP contribution in [0.2, 0.25) is 0 Å². The summed E-state index contributed by atoms with van der Waals surface area (Å²) in [5.41, 5.74) is 0.607. The minimum absolute atomic E-state index is 0.0925. The predicted octanol–water partition coefficient (Wildman–Crippen LogP) is 5.75. The number of hydrogen-bond acceptors (Lipinski definition) is 5. The van der Waals surface area contributed by atoms with E-state index in [9.17, 15) is 14.7 Å². The van der Waals surface area contributed by atoms with Crippen LogP contribution in [0.3, 0.4) is 0 Å². The lowest BCUT2D eigenvalue weighted by Crippen LogP contribution is -2.34. The minimum atomic E-state index is -1.33. The summed E-state index contributed by atoms with van der Waals surface area (Å²) in [6.07, 6.45) is 6.57. The molecule has 2 rings (SSSR count). The summed E-state index contributed by atoms with van der Waals surface area (Å²) in [5, 5.41) is 10.4. The average Bonchev–Trinajstić information content (AvgIpc) is 2.61. The number of ether oxygens (including phenoxy) is 1. The number of hydrogen-bond donors (Lipinski definition) is 1. The van der Waals surface area contributed by atoms with Crippen molar-refractivity contribution in [2.75, 3.05) is 0 Å². The molecule has 0 aromatic heterocycles. The lowest BCUT2D eigenvalue weighted by atomic mass is 9.72. The van der Waals surface area contributed by atoms with Crippen molar-refractivity contribution in [3.8, 4) is 0 Å². The molecule has 1 atom stereocenters. The summed E-state index contributed by atoms with van der Waals surface area (Å²) in [7, 11) is 0. The molecule has 29 heavy (non-hydrogen) atoms. The Morgan fingerprint density at radius 2 is 1.31 bits per heavy atom. The van der Waals surface area contributed by atoms with Gasteiger partial charge in [0.2, 0.25) is 0 Å². The molecule has 5 heteroatoms. The van der Waals surface area contributed by atoms with Crippen LogP contribution in [0.4, 0.5) is 0 Å². The van der Waals surface area contributed by atoms with E-state index in [4.69, 9.17) is 4.74 Å². The maximum Gasteiger partial charge on any atom is 0.335 e. The Morgan fingerprint density at radius 1 is 0.862 bits per heavy atom. The van der Waals surface area contributed by atoms with Crippen molar-refractivity contribution in [2.24, 2.45) is 22.7 Å². The number of aliphatic hydroxyl groups is 1. The molecule has 0 aromatic carbocycles. The van der Waals surface area contributed by atoms with E-state index in [0.717, 1.165) is 51.4 Å². The third-order valence-corrected chi connectivity index (χ3v) is 8.25. The van der Waals surface area contributed by atoms with Crippen LogP contribution in [-0.4, -0.2) is 33.6 Å². The molecule has 0 amide bonds. The van der Waals surface area contributed by atoms with Gasteiger partial charge in [-0.1, -0.05) is 53.3 Å². The van der Waals surface area contributed by atoms with Gasteiger partial charge in [-0.2, -0.15) is 0 Å². The zero-order valence-corrected chi connectivity index (χ0v) is 20.1. The molecule has 0 aliphatic heterocycles. The lowest BCUT2D eigenvalue weighted by Gasteiger charge is -2.37. The zero-order chi connectivity index (χ0) is 21.8. The first-order valence-electron chi connectivity index (χ1n) is 11.4. The molecule has 0 bridgehead atoms. The fraction of sp³-hybridized carbons (Fsp3) is 0.917. The SMILES string of the molecule is CC(C)(C)C1CCC(OC(=O)C(O)CC(=O)SC2CCC(C(C)(C)C)CC2)CC1. The summed E-state index contributed by atoms with van der Waals surface area (Å²) in [5.74, 6) is 0.728. The van der Waals surface area contributed by atoms with Gasteiger partial charge in [0.15, 0.2) is 11.2 Å². The van der Waals surface area contributed by atoms with Gasteiger partial charge in [0, 0.05) is 5.25 Å².